The fraction of sp³-hybridized carbons (Fsp3) is 0.533. The molecule has 1 aliphatic heterocycles. The van der Waals surface area contributed by atoms with Gasteiger partial charge in [0.2, 0.25) is 15.9 Å². The fourth-order valence-corrected chi connectivity index (χ4v) is 3.83. The zero-order valence-electron chi connectivity index (χ0n) is 13.2. The number of carbonyl (C=O) groups excluding carboxylic acids is 1. The van der Waals surface area contributed by atoms with E-state index in [1.165, 1.54) is 12.1 Å². The van der Waals surface area contributed by atoms with Gasteiger partial charge in [-0.05, 0) is 38.1 Å². The molecule has 128 valence electrons. The third-order valence-corrected chi connectivity index (χ3v) is 5.53. The molecule has 0 saturated carbocycles. The second kappa shape index (κ2) is 7.74. The zero-order valence-corrected chi connectivity index (χ0v) is 15.6. The summed E-state index contributed by atoms with van der Waals surface area (Å²) in [6.07, 6.45) is 0.138. The van der Waals surface area contributed by atoms with Crippen LogP contribution in [-0.4, -0.2) is 51.1 Å². The van der Waals surface area contributed by atoms with Gasteiger partial charge in [-0.2, -0.15) is 0 Å². The molecule has 8 heteroatoms. The molecule has 0 spiro atoms. The number of amides is 1. The van der Waals surface area contributed by atoms with Crippen LogP contribution < -0.4 is 4.72 Å². The van der Waals surface area contributed by atoms with Gasteiger partial charge in [0.1, 0.15) is 0 Å². The van der Waals surface area contributed by atoms with E-state index >= 15 is 0 Å². The molecule has 2 rings (SSSR count). The molecule has 2 atom stereocenters. The van der Waals surface area contributed by atoms with Gasteiger partial charge in [0.05, 0.1) is 17.1 Å². The lowest BCUT2D eigenvalue weighted by Crippen LogP contribution is -2.48. The number of ether oxygens (including phenoxy) is 1. The van der Waals surface area contributed by atoms with Crippen LogP contribution in [0.4, 0.5) is 0 Å². The summed E-state index contributed by atoms with van der Waals surface area (Å²) >= 11 is 3.26. The van der Waals surface area contributed by atoms with Gasteiger partial charge in [-0.1, -0.05) is 15.9 Å². The average Bonchev–Trinajstić information content (AvgIpc) is 2.46. The minimum atomic E-state index is -3.59. The van der Waals surface area contributed by atoms with Gasteiger partial charge in [0.25, 0.3) is 0 Å². The van der Waals surface area contributed by atoms with Gasteiger partial charge in [0.15, 0.2) is 0 Å². The molecule has 1 aromatic carbocycles. The Balaban J connectivity index is 1.86. The summed E-state index contributed by atoms with van der Waals surface area (Å²) in [5.41, 5.74) is 0. The first-order chi connectivity index (χ1) is 10.8. The van der Waals surface area contributed by atoms with Gasteiger partial charge in [0, 0.05) is 30.5 Å². The monoisotopic (exact) mass is 404 g/mol. The van der Waals surface area contributed by atoms with E-state index in [1.807, 2.05) is 13.8 Å². The van der Waals surface area contributed by atoms with Crippen LogP contribution in [0.25, 0.3) is 0 Å². The quantitative estimate of drug-likeness (QED) is 0.810. The number of hydrogen-bond acceptors (Lipinski definition) is 4. The highest BCUT2D eigenvalue weighted by Crippen LogP contribution is 2.15. The van der Waals surface area contributed by atoms with E-state index in [9.17, 15) is 13.2 Å². The minimum absolute atomic E-state index is 0.00200. The van der Waals surface area contributed by atoms with E-state index in [4.69, 9.17) is 4.74 Å². The first-order valence-corrected chi connectivity index (χ1v) is 9.74. The molecular weight excluding hydrogens is 384 g/mol. The van der Waals surface area contributed by atoms with Crippen molar-refractivity contribution in [3.8, 4) is 0 Å². The summed E-state index contributed by atoms with van der Waals surface area (Å²) in [4.78, 5) is 14.1. The van der Waals surface area contributed by atoms with Crippen LogP contribution in [0.1, 0.15) is 20.3 Å². The summed E-state index contributed by atoms with van der Waals surface area (Å²) < 4.78 is 33.1. The highest BCUT2D eigenvalue weighted by molar-refractivity contribution is 9.10. The minimum Gasteiger partial charge on any atom is -0.372 e. The van der Waals surface area contributed by atoms with E-state index in [-0.39, 0.29) is 36.0 Å². The van der Waals surface area contributed by atoms with Crippen molar-refractivity contribution >= 4 is 31.9 Å². The Morgan fingerprint density at radius 2 is 1.83 bits per heavy atom. The number of nitrogens with zero attached hydrogens (tertiary/aromatic N) is 1. The van der Waals surface area contributed by atoms with E-state index in [2.05, 4.69) is 20.7 Å². The molecule has 0 unspecified atom stereocenters. The van der Waals surface area contributed by atoms with Crippen molar-refractivity contribution in [2.45, 2.75) is 37.4 Å². The average molecular weight is 405 g/mol. The molecule has 0 aromatic heterocycles. The molecule has 1 N–H and O–H groups in total. The Hall–Kier alpha value is -0.960. The molecule has 0 aliphatic carbocycles. The second-order valence-electron chi connectivity index (χ2n) is 5.66. The number of halogens is 1. The molecule has 0 radical (unpaired) electrons. The summed E-state index contributed by atoms with van der Waals surface area (Å²) in [5, 5.41) is 0. The fourth-order valence-electron chi connectivity index (χ4n) is 2.53. The number of benzene rings is 1. The highest BCUT2D eigenvalue weighted by atomic mass is 79.9. The number of hydrogen-bond donors (Lipinski definition) is 1. The van der Waals surface area contributed by atoms with Gasteiger partial charge >= 0.3 is 0 Å². The third kappa shape index (κ3) is 5.27. The van der Waals surface area contributed by atoms with Crippen LogP contribution in [0.5, 0.6) is 0 Å². The standard InChI is InChI=1S/C15H21BrN2O4S/c1-11-9-18(10-12(2)22-11)15(19)7-8-17-23(20,21)14-5-3-13(16)4-6-14/h3-6,11-12,17H,7-10H2,1-2H3/t11-,12-/m0/s1. The third-order valence-electron chi connectivity index (χ3n) is 3.53. The van der Waals surface area contributed by atoms with Crippen LogP contribution in [0, 0.1) is 0 Å². The van der Waals surface area contributed by atoms with Crippen molar-refractivity contribution in [1.29, 1.82) is 0 Å². The molecule has 1 saturated heterocycles. The SMILES string of the molecule is C[C@H]1CN(C(=O)CCNS(=O)(=O)c2ccc(Br)cc2)C[C@H](C)O1. The predicted molar refractivity (Wildman–Crippen MR) is 90.5 cm³/mol. The topological polar surface area (TPSA) is 75.7 Å². The second-order valence-corrected chi connectivity index (χ2v) is 8.34. The van der Waals surface area contributed by atoms with Crippen LogP contribution in [0.15, 0.2) is 33.6 Å². The van der Waals surface area contributed by atoms with Crippen LogP contribution >= 0.6 is 15.9 Å². The van der Waals surface area contributed by atoms with Crippen LogP contribution in [0.3, 0.4) is 0 Å². The van der Waals surface area contributed by atoms with Gasteiger partial charge < -0.3 is 9.64 Å². The molecule has 23 heavy (non-hydrogen) atoms. The van der Waals surface area contributed by atoms with E-state index in [1.54, 1.807) is 17.0 Å². The van der Waals surface area contributed by atoms with E-state index < -0.39 is 10.0 Å². The summed E-state index contributed by atoms with van der Waals surface area (Å²) in [6, 6.07) is 6.35. The number of nitrogens with one attached hydrogen (secondary N) is 1. The van der Waals surface area contributed by atoms with Gasteiger partial charge in [-0.25, -0.2) is 13.1 Å². The van der Waals surface area contributed by atoms with Gasteiger partial charge in [-0.3, -0.25) is 4.79 Å². The first kappa shape index (κ1) is 18.4. The molecule has 1 aliphatic rings. The Morgan fingerprint density at radius 3 is 2.39 bits per heavy atom. The maximum atomic E-state index is 12.2. The Kier molecular flexibility index (Phi) is 6.19. The van der Waals surface area contributed by atoms with Gasteiger partial charge in [-0.15, -0.1) is 0 Å². The maximum Gasteiger partial charge on any atom is 0.240 e. The van der Waals surface area contributed by atoms with Crippen molar-refractivity contribution in [2.75, 3.05) is 19.6 Å². The van der Waals surface area contributed by atoms with E-state index in [0.717, 1.165) is 4.47 Å². The number of rotatable bonds is 5. The lowest BCUT2D eigenvalue weighted by atomic mass is 10.2. The van der Waals surface area contributed by atoms with Crippen LogP contribution in [0.2, 0.25) is 0 Å². The van der Waals surface area contributed by atoms with Crippen molar-refractivity contribution in [1.82, 2.24) is 9.62 Å². The van der Waals surface area contributed by atoms with Crippen molar-refractivity contribution in [2.24, 2.45) is 0 Å². The molecule has 6 nitrogen and oxygen atoms in total. The smallest absolute Gasteiger partial charge is 0.240 e. The van der Waals surface area contributed by atoms with Crippen molar-refractivity contribution in [3.63, 3.8) is 0 Å². The summed E-state index contributed by atoms with van der Waals surface area (Å²) in [5.74, 6) is -0.0643. The molecular formula is C15H21BrN2O4S. The molecule has 0 bridgehead atoms. The molecule has 1 amide bonds. The lowest BCUT2D eigenvalue weighted by Gasteiger charge is -2.35. The van der Waals surface area contributed by atoms with E-state index in [0.29, 0.717) is 13.1 Å². The van der Waals surface area contributed by atoms with Crippen LogP contribution in [-0.2, 0) is 19.6 Å². The molecule has 1 aromatic rings. The Bertz CT molecular complexity index is 638. The molecule has 1 fully saturated rings. The Labute approximate surface area is 145 Å². The highest BCUT2D eigenvalue weighted by Gasteiger charge is 2.25. The largest absolute Gasteiger partial charge is 0.372 e. The maximum absolute atomic E-state index is 12.2. The van der Waals surface area contributed by atoms with Crippen molar-refractivity contribution in [3.05, 3.63) is 28.7 Å². The summed E-state index contributed by atoms with van der Waals surface area (Å²) in [7, 11) is -3.59. The number of sulfonamides is 1. The molecule has 1 heterocycles. The van der Waals surface area contributed by atoms with Crippen molar-refractivity contribution < 1.29 is 17.9 Å². The normalized spacial score (nSPS) is 22.1. The Morgan fingerprint density at radius 1 is 1.26 bits per heavy atom. The predicted octanol–water partition coefficient (Wildman–Crippen LogP) is 1.75. The summed E-state index contributed by atoms with van der Waals surface area (Å²) in [6.45, 7) is 5.01. The first-order valence-electron chi connectivity index (χ1n) is 7.46. The lowest BCUT2D eigenvalue weighted by molar-refractivity contribution is -0.143. The zero-order chi connectivity index (χ0) is 17.0. The number of carbonyl (C=O) groups is 1. The number of morpholine rings is 1.